The fraction of sp³-hybridized carbons (Fsp3) is 0.923. The smallest absolute Gasteiger partial charge is 0.242 e. The Kier molecular flexibility index (Phi) is 4.55. The number of carbonyl (C=O) groups is 1. The average molecular weight is 242 g/mol. The van der Waals surface area contributed by atoms with E-state index in [4.69, 9.17) is 0 Å². The highest BCUT2D eigenvalue weighted by molar-refractivity contribution is 5.83. The van der Waals surface area contributed by atoms with Gasteiger partial charge in [0.15, 0.2) is 0 Å². The van der Waals surface area contributed by atoms with E-state index in [9.17, 15) is 9.90 Å². The molecule has 1 rings (SSSR count). The number of nitrogens with zero attached hydrogens (tertiary/aromatic N) is 2. The summed E-state index contributed by atoms with van der Waals surface area (Å²) in [5, 5.41) is 9.46. The van der Waals surface area contributed by atoms with E-state index in [-0.39, 0.29) is 24.1 Å². The summed E-state index contributed by atoms with van der Waals surface area (Å²) in [6.45, 7) is 10.1. The van der Waals surface area contributed by atoms with Gasteiger partial charge in [0, 0.05) is 19.1 Å². The number of rotatable bonds is 4. The molecule has 1 amide bonds. The Balaban J connectivity index is 2.83. The summed E-state index contributed by atoms with van der Waals surface area (Å²) in [6.07, 6.45) is 1.05. The van der Waals surface area contributed by atoms with Gasteiger partial charge in [-0.2, -0.15) is 0 Å². The Hall–Kier alpha value is -0.610. The monoisotopic (exact) mass is 242 g/mol. The van der Waals surface area contributed by atoms with Crippen LogP contribution in [0.3, 0.4) is 0 Å². The number of hydrogen-bond acceptors (Lipinski definition) is 3. The summed E-state index contributed by atoms with van der Waals surface area (Å²) in [5.74, 6) is 0.649. The van der Waals surface area contributed by atoms with Gasteiger partial charge in [0.2, 0.25) is 5.91 Å². The van der Waals surface area contributed by atoms with Gasteiger partial charge in [0.1, 0.15) is 6.04 Å². The standard InChI is InChI=1S/C13H26N2O2/c1-10(2)6-7-15-11(8-16)12(17)14(5)9-13(15,3)4/h10-11,16H,6-9H2,1-5H3. The van der Waals surface area contributed by atoms with Crippen molar-refractivity contribution in [3.8, 4) is 0 Å². The number of likely N-dealkylation sites (N-methyl/N-ethyl adjacent to an activating group) is 1. The van der Waals surface area contributed by atoms with Crippen LogP contribution in [0, 0.1) is 5.92 Å². The van der Waals surface area contributed by atoms with Gasteiger partial charge in [-0.1, -0.05) is 13.8 Å². The first-order valence-corrected chi connectivity index (χ1v) is 6.42. The molecule has 0 spiro atoms. The van der Waals surface area contributed by atoms with Gasteiger partial charge < -0.3 is 10.0 Å². The summed E-state index contributed by atoms with van der Waals surface area (Å²) < 4.78 is 0. The first-order valence-electron chi connectivity index (χ1n) is 6.42. The molecule has 0 radical (unpaired) electrons. The molecule has 1 N–H and O–H groups in total. The summed E-state index contributed by atoms with van der Waals surface area (Å²) in [4.78, 5) is 15.9. The summed E-state index contributed by atoms with van der Waals surface area (Å²) >= 11 is 0. The lowest BCUT2D eigenvalue weighted by Gasteiger charge is -2.50. The van der Waals surface area contributed by atoms with E-state index in [1.165, 1.54) is 0 Å². The van der Waals surface area contributed by atoms with Gasteiger partial charge in [-0.15, -0.1) is 0 Å². The highest BCUT2D eigenvalue weighted by Crippen LogP contribution is 2.26. The molecule has 1 aliphatic rings. The SMILES string of the molecule is CC(C)CCN1C(CO)C(=O)N(C)CC1(C)C. The zero-order chi connectivity index (χ0) is 13.2. The van der Waals surface area contributed by atoms with Crippen LogP contribution in [0.5, 0.6) is 0 Å². The van der Waals surface area contributed by atoms with Gasteiger partial charge in [0.25, 0.3) is 0 Å². The maximum absolute atomic E-state index is 12.0. The van der Waals surface area contributed by atoms with E-state index >= 15 is 0 Å². The van der Waals surface area contributed by atoms with Gasteiger partial charge in [0.05, 0.1) is 6.61 Å². The highest BCUT2D eigenvalue weighted by Gasteiger charge is 2.43. The molecule has 0 saturated carbocycles. The molecule has 1 aliphatic heterocycles. The van der Waals surface area contributed by atoms with Crippen LogP contribution in [0.15, 0.2) is 0 Å². The van der Waals surface area contributed by atoms with Gasteiger partial charge in [-0.25, -0.2) is 0 Å². The average Bonchev–Trinajstić information content (AvgIpc) is 2.20. The fourth-order valence-electron chi connectivity index (χ4n) is 2.59. The number of hydrogen-bond donors (Lipinski definition) is 1. The molecule has 0 bridgehead atoms. The normalized spacial score (nSPS) is 25.7. The van der Waals surface area contributed by atoms with E-state index in [1.54, 1.807) is 4.90 Å². The number of piperazine rings is 1. The second kappa shape index (κ2) is 5.36. The second-order valence-corrected chi connectivity index (χ2v) is 6.08. The molecule has 4 heteroatoms. The molecule has 0 aliphatic carbocycles. The molecule has 17 heavy (non-hydrogen) atoms. The second-order valence-electron chi connectivity index (χ2n) is 6.08. The summed E-state index contributed by atoms with van der Waals surface area (Å²) in [5.41, 5.74) is -0.0645. The first-order chi connectivity index (χ1) is 7.79. The minimum absolute atomic E-state index is 0.0376. The van der Waals surface area contributed by atoms with Crippen molar-refractivity contribution in [2.24, 2.45) is 5.92 Å². The molecule has 100 valence electrons. The minimum Gasteiger partial charge on any atom is -0.394 e. The quantitative estimate of drug-likeness (QED) is 0.798. The minimum atomic E-state index is -0.373. The Bertz CT molecular complexity index is 277. The van der Waals surface area contributed by atoms with Crippen molar-refractivity contribution >= 4 is 5.91 Å². The summed E-state index contributed by atoms with van der Waals surface area (Å²) in [7, 11) is 1.81. The largest absolute Gasteiger partial charge is 0.394 e. The molecule has 1 fully saturated rings. The molecule has 1 atom stereocenters. The number of carbonyl (C=O) groups excluding carboxylic acids is 1. The lowest BCUT2D eigenvalue weighted by atomic mass is 9.93. The zero-order valence-corrected chi connectivity index (χ0v) is 11.7. The van der Waals surface area contributed by atoms with Crippen LogP contribution < -0.4 is 0 Å². The van der Waals surface area contributed by atoms with Crippen molar-refractivity contribution in [3.63, 3.8) is 0 Å². The zero-order valence-electron chi connectivity index (χ0n) is 11.7. The Labute approximate surface area is 105 Å². The molecule has 4 nitrogen and oxygen atoms in total. The summed E-state index contributed by atoms with van der Waals surface area (Å²) in [6, 6.07) is -0.373. The Morgan fingerprint density at radius 3 is 2.53 bits per heavy atom. The molecule has 0 aromatic carbocycles. The van der Waals surface area contributed by atoms with E-state index < -0.39 is 0 Å². The lowest BCUT2D eigenvalue weighted by Crippen LogP contribution is -2.66. The fourth-order valence-corrected chi connectivity index (χ4v) is 2.59. The van der Waals surface area contributed by atoms with E-state index in [2.05, 4.69) is 32.6 Å². The van der Waals surface area contributed by atoms with Crippen LogP contribution in [0.25, 0.3) is 0 Å². The predicted molar refractivity (Wildman–Crippen MR) is 68.8 cm³/mol. The Morgan fingerprint density at radius 2 is 2.06 bits per heavy atom. The van der Waals surface area contributed by atoms with E-state index in [0.717, 1.165) is 19.5 Å². The highest BCUT2D eigenvalue weighted by atomic mass is 16.3. The maximum Gasteiger partial charge on any atom is 0.242 e. The third-order valence-corrected chi connectivity index (χ3v) is 3.56. The third kappa shape index (κ3) is 3.19. The van der Waals surface area contributed by atoms with Gasteiger partial charge in [-0.3, -0.25) is 9.69 Å². The van der Waals surface area contributed by atoms with Crippen molar-refractivity contribution in [1.29, 1.82) is 0 Å². The van der Waals surface area contributed by atoms with Crippen molar-refractivity contribution in [3.05, 3.63) is 0 Å². The van der Waals surface area contributed by atoms with Crippen molar-refractivity contribution in [2.45, 2.75) is 45.7 Å². The molecule has 1 unspecified atom stereocenters. The van der Waals surface area contributed by atoms with Crippen molar-refractivity contribution in [1.82, 2.24) is 9.80 Å². The Morgan fingerprint density at radius 1 is 1.47 bits per heavy atom. The van der Waals surface area contributed by atoms with E-state index in [0.29, 0.717) is 5.92 Å². The molecule has 1 heterocycles. The van der Waals surface area contributed by atoms with Crippen LogP contribution in [0.1, 0.15) is 34.1 Å². The van der Waals surface area contributed by atoms with E-state index in [1.807, 2.05) is 7.05 Å². The van der Waals surface area contributed by atoms with Crippen molar-refractivity contribution in [2.75, 3.05) is 26.7 Å². The maximum atomic E-state index is 12.0. The van der Waals surface area contributed by atoms with Crippen molar-refractivity contribution < 1.29 is 9.90 Å². The number of aliphatic hydroxyl groups is 1. The van der Waals surface area contributed by atoms with Crippen LogP contribution >= 0.6 is 0 Å². The topological polar surface area (TPSA) is 43.8 Å². The van der Waals surface area contributed by atoms with Crippen LogP contribution in [0.2, 0.25) is 0 Å². The number of aliphatic hydroxyl groups excluding tert-OH is 1. The van der Waals surface area contributed by atoms with Crippen LogP contribution in [0.4, 0.5) is 0 Å². The van der Waals surface area contributed by atoms with Crippen LogP contribution in [-0.4, -0.2) is 59.1 Å². The number of amides is 1. The predicted octanol–water partition coefficient (Wildman–Crippen LogP) is 0.946. The first kappa shape index (κ1) is 14.5. The molecule has 0 aromatic rings. The molecular formula is C13H26N2O2. The molecular weight excluding hydrogens is 216 g/mol. The lowest BCUT2D eigenvalue weighted by molar-refractivity contribution is -0.150. The van der Waals surface area contributed by atoms with Crippen LogP contribution in [-0.2, 0) is 4.79 Å². The third-order valence-electron chi connectivity index (χ3n) is 3.56. The van der Waals surface area contributed by atoms with Gasteiger partial charge >= 0.3 is 0 Å². The molecule has 1 saturated heterocycles. The molecule has 0 aromatic heterocycles. The van der Waals surface area contributed by atoms with Gasteiger partial charge in [-0.05, 0) is 32.7 Å².